The van der Waals surface area contributed by atoms with E-state index in [4.69, 9.17) is 66.3 Å². The molecule has 22 nitrogen and oxygen atoms in total. The number of ether oxygens (including phenoxy) is 14. The second kappa shape index (κ2) is 36.4. The summed E-state index contributed by atoms with van der Waals surface area (Å²) in [4.78, 5) is 91.6. The van der Waals surface area contributed by atoms with E-state index in [1.807, 2.05) is 189 Å². The van der Waals surface area contributed by atoms with Crippen LogP contribution in [0.15, 0.2) is 255 Å². The number of esters is 1. The van der Waals surface area contributed by atoms with Crippen LogP contribution in [0.1, 0.15) is 102 Å². The summed E-state index contributed by atoms with van der Waals surface area (Å²) in [5.41, 5.74) is 4.99. The first-order chi connectivity index (χ1) is 53.8. The molecule has 4 amide bonds. The quantitative estimate of drug-likeness (QED) is 0.0274. The average molecular weight is 1490 g/mol. The molecule has 9 aromatic carbocycles. The number of nitrogens with zero attached hydrogens (tertiary/aromatic N) is 2. The van der Waals surface area contributed by atoms with E-state index in [0.29, 0.717) is 16.9 Å². The lowest BCUT2D eigenvalue weighted by atomic mass is 9.92. The predicted octanol–water partition coefficient (Wildman–Crippen LogP) is 12.4. The molecule has 0 aromatic heterocycles. The van der Waals surface area contributed by atoms with Gasteiger partial charge in [-0.2, -0.15) is 0 Å². The van der Waals surface area contributed by atoms with Gasteiger partial charge in [0.25, 0.3) is 23.6 Å². The van der Waals surface area contributed by atoms with E-state index in [1.165, 1.54) is 26.2 Å². The molecule has 0 radical (unpaired) electrons. The Morgan fingerprint density at radius 2 is 0.718 bits per heavy atom. The van der Waals surface area contributed by atoms with Crippen LogP contribution in [0.25, 0.3) is 0 Å². The molecule has 5 aliphatic heterocycles. The first-order valence-corrected chi connectivity index (χ1v) is 36.9. The monoisotopic (exact) mass is 1490 g/mol. The number of carbonyl (C=O) groups excluding carboxylic acids is 6. The fraction of sp³-hybridized carbons (Fsp3) is 0.318. The highest BCUT2D eigenvalue weighted by Crippen LogP contribution is 2.43. The van der Waals surface area contributed by atoms with Crippen LogP contribution in [0.2, 0.25) is 0 Å². The number of imide groups is 2. The summed E-state index contributed by atoms with van der Waals surface area (Å²) >= 11 is 0. The van der Waals surface area contributed by atoms with Gasteiger partial charge in [-0.3, -0.25) is 33.8 Å². The lowest BCUT2D eigenvalue weighted by Crippen LogP contribution is -2.71. The topological polar surface area (TPSA) is 238 Å². The Balaban J connectivity index is 0.934. The largest absolute Gasteiger partial charge is 0.497 e. The van der Waals surface area contributed by atoms with Gasteiger partial charge >= 0.3 is 5.97 Å². The smallest absolute Gasteiger partial charge is 0.306 e. The van der Waals surface area contributed by atoms with Gasteiger partial charge in [-0.15, -0.1) is 0 Å². The van der Waals surface area contributed by atoms with Crippen molar-refractivity contribution in [2.45, 2.75) is 158 Å². The summed E-state index contributed by atoms with van der Waals surface area (Å²) < 4.78 is 97.9. The lowest BCUT2D eigenvalue weighted by molar-refractivity contribution is -0.355. The molecule has 5 aliphatic rings. The molecule has 0 N–H and O–H groups in total. The van der Waals surface area contributed by atoms with E-state index in [9.17, 15) is 9.59 Å². The number of Topliss-reactive ketones (excluding diaryl/α,β-unsaturated/α-hetero) is 1. The van der Waals surface area contributed by atoms with E-state index in [-0.39, 0.29) is 92.9 Å². The number of amides is 4. The summed E-state index contributed by atoms with van der Waals surface area (Å²) in [7, 11) is 1.53. The van der Waals surface area contributed by atoms with Gasteiger partial charge in [0.05, 0.1) is 94.7 Å². The number of benzene rings is 9. The first-order valence-electron chi connectivity index (χ1n) is 36.9. The fourth-order valence-electron chi connectivity index (χ4n) is 14.5. The molecule has 3 fully saturated rings. The van der Waals surface area contributed by atoms with Crippen molar-refractivity contribution in [3.63, 3.8) is 0 Å². The Hall–Kier alpha value is -10.4. The van der Waals surface area contributed by atoms with Gasteiger partial charge in [0.2, 0.25) is 6.29 Å². The van der Waals surface area contributed by atoms with Gasteiger partial charge in [-0.05, 0) is 95.8 Å². The van der Waals surface area contributed by atoms with Crippen LogP contribution in [0.5, 0.6) is 11.5 Å². The Labute approximate surface area is 637 Å². The zero-order valence-corrected chi connectivity index (χ0v) is 61.0. The van der Waals surface area contributed by atoms with E-state index < -0.39 is 128 Å². The molecule has 568 valence electrons. The SMILES string of the molecule is COc1ccc(OC2OC(COC3OC(C)C(OCc4ccccc4)C(OCc4ccccc4)C3OCc3ccccc3)C(OC3OC(COCc4ccccc4)C(OC(=O)CCC(C)=O)C(OCc4ccccc4)C3N3C(=O)c4ccccc4C3=O)C(OCc3ccccc3)C2N2C(=O)c3ccccc3C2=O)cc1. The maximum absolute atomic E-state index is 15.6. The van der Waals surface area contributed by atoms with Crippen LogP contribution in [-0.2, 0) is 106 Å². The van der Waals surface area contributed by atoms with Crippen molar-refractivity contribution in [1.29, 1.82) is 0 Å². The molecule has 15 unspecified atom stereocenters. The normalized spacial score (nSPS) is 25.1. The molecular formula is C88H86N2O20. The molecule has 9 aromatic rings. The van der Waals surface area contributed by atoms with E-state index in [2.05, 4.69) is 0 Å². The van der Waals surface area contributed by atoms with Crippen LogP contribution in [0.3, 0.4) is 0 Å². The van der Waals surface area contributed by atoms with Crippen molar-refractivity contribution in [2.24, 2.45) is 0 Å². The summed E-state index contributed by atoms with van der Waals surface area (Å²) in [5.74, 6) is -3.34. The highest BCUT2D eigenvalue weighted by atomic mass is 16.8. The zero-order chi connectivity index (χ0) is 75.9. The minimum atomic E-state index is -1.87. The van der Waals surface area contributed by atoms with Crippen molar-refractivity contribution < 1.29 is 95.1 Å². The molecule has 14 rings (SSSR count). The van der Waals surface area contributed by atoms with E-state index >= 15 is 19.2 Å². The van der Waals surface area contributed by atoms with Gasteiger partial charge in [0.1, 0.15) is 78.2 Å². The van der Waals surface area contributed by atoms with Gasteiger partial charge in [0.15, 0.2) is 18.7 Å². The Morgan fingerprint density at radius 3 is 1.15 bits per heavy atom. The van der Waals surface area contributed by atoms with Gasteiger partial charge < -0.3 is 71.1 Å². The van der Waals surface area contributed by atoms with Crippen molar-refractivity contribution in [1.82, 2.24) is 9.80 Å². The molecule has 0 bridgehead atoms. The van der Waals surface area contributed by atoms with Crippen LogP contribution in [-0.4, -0.2) is 157 Å². The molecule has 0 saturated carbocycles. The summed E-state index contributed by atoms with van der Waals surface area (Å²) in [6.07, 6.45) is -18.0. The molecule has 22 heteroatoms. The molecule has 15 atom stereocenters. The second-order valence-electron chi connectivity index (χ2n) is 27.5. The molecule has 0 aliphatic carbocycles. The summed E-state index contributed by atoms with van der Waals surface area (Å²) in [6, 6.07) is 72.8. The number of fused-ring (bicyclic) bond motifs is 2. The molecule has 3 saturated heterocycles. The third-order valence-corrected chi connectivity index (χ3v) is 20.0. The number of hydrogen-bond donors (Lipinski definition) is 0. The van der Waals surface area contributed by atoms with Crippen molar-refractivity contribution in [3.05, 3.63) is 310 Å². The Kier molecular flexibility index (Phi) is 25.3. The Bertz CT molecular complexity index is 4480. The van der Waals surface area contributed by atoms with Crippen LogP contribution in [0.4, 0.5) is 0 Å². The standard InChI is InChI=1S/C88H86N2O20/c1-56(91)42-47-72(92)109-76-70(54-98-48-58-26-10-4-11-27-58)107-87(74(78(76)100-50-60-30-14-6-15-31-60)90-84(95)68-40-24-25-41-69(68)85(90)96)110-77-71(55-104-88-81(103-53-63-36-20-9-21-37-63)80(102-52-62-34-18-8-19-35-62)75(57(2)105-88)99-49-59-28-12-5-13-29-59)108-86(106-65-45-43-64(97-3)44-46-65)73(79(77)101-51-61-32-16-7-17-33-61)89-82(93)66-38-22-23-39-67(66)83(89)94/h4-41,43-46,57,70-71,73-81,86-88H,42,47-55H2,1-3H3. The zero-order valence-electron chi connectivity index (χ0n) is 61.0. The van der Waals surface area contributed by atoms with Crippen LogP contribution in [0, 0.1) is 0 Å². The minimum Gasteiger partial charge on any atom is -0.497 e. The van der Waals surface area contributed by atoms with Crippen LogP contribution >= 0.6 is 0 Å². The lowest BCUT2D eigenvalue weighted by Gasteiger charge is -2.52. The van der Waals surface area contributed by atoms with Crippen LogP contribution < -0.4 is 9.47 Å². The third kappa shape index (κ3) is 18.0. The molecule has 0 spiro atoms. The number of hydrogen-bond acceptors (Lipinski definition) is 20. The van der Waals surface area contributed by atoms with Crippen molar-refractivity contribution in [2.75, 3.05) is 20.3 Å². The number of rotatable bonds is 33. The second-order valence-corrected chi connectivity index (χ2v) is 27.5. The summed E-state index contributed by atoms with van der Waals surface area (Å²) in [5, 5.41) is 0. The molecular weight excluding hydrogens is 1400 g/mol. The van der Waals surface area contributed by atoms with E-state index in [1.54, 1.807) is 60.7 Å². The highest BCUT2D eigenvalue weighted by molar-refractivity contribution is 6.22. The first kappa shape index (κ1) is 76.3. The van der Waals surface area contributed by atoms with E-state index in [0.717, 1.165) is 32.1 Å². The van der Waals surface area contributed by atoms with Crippen molar-refractivity contribution >= 4 is 35.4 Å². The fourth-order valence-corrected chi connectivity index (χ4v) is 14.5. The predicted molar refractivity (Wildman–Crippen MR) is 399 cm³/mol. The summed E-state index contributed by atoms with van der Waals surface area (Å²) in [6.45, 7) is 2.44. The average Bonchev–Trinajstić information content (AvgIpc) is 1.51. The Morgan fingerprint density at radius 1 is 0.355 bits per heavy atom. The maximum Gasteiger partial charge on any atom is 0.306 e. The van der Waals surface area contributed by atoms with Crippen molar-refractivity contribution in [3.8, 4) is 11.5 Å². The van der Waals surface area contributed by atoms with Gasteiger partial charge in [0, 0.05) is 6.42 Å². The van der Waals surface area contributed by atoms with Gasteiger partial charge in [-0.25, -0.2) is 0 Å². The minimum absolute atomic E-state index is 0.0351. The maximum atomic E-state index is 15.6. The number of methoxy groups -OCH3 is 1. The van der Waals surface area contributed by atoms with Gasteiger partial charge in [-0.1, -0.05) is 206 Å². The molecule has 5 heterocycles. The number of carbonyl (C=O) groups is 6. The molecule has 110 heavy (non-hydrogen) atoms. The highest BCUT2D eigenvalue weighted by Gasteiger charge is 2.62. The number of ketones is 1. The third-order valence-electron chi connectivity index (χ3n) is 20.0.